The first kappa shape index (κ1) is 19.9. The van der Waals surface area contributed by atoms with Gasteiger partial charge in [-0.15, -0.1) is 0 Å². The SMILES string of the molecule is Cc1cccc(N2CCN(S(=O)(=O)c3ccc(S(C)(=O)=O)cc3)CC2)c1C. The van der Waals surface area contributed by atoms with Crippen LogP contribution in [0.2, 0.25) is 0 Å². The van der Waals surface area contributed by atoms with Crippen molar-refractivity contribution in [2.45, 2.75) is 23.6 Å². The third-order valence-electron chi connectivity index (χ3n) is 5.05. The number of hydrogen-bond acceptors (Lipinski definition) is 5. The second-order valence-corrected chi connectivity index (χ2v) is 10.8. The van der Waals surface area contributed by atoms with E-state index in [0.717, 1.165) is 11.9 Å². The zero-order valence-electron chi connectivity index (χ0n) is 15.7. The van der Waals surface area contributed by atoms with Crippen LogP contribution in [0.5, 0.6) is 0 Å². The Morgan fingerprint density at radius 2 is 1.33 bits per heavy atom. The van der Waals surface area contributed by atoms with Crippen LogP contribution in [0.15, 0.2) is 52.3 Å². The van der Waals surface area contributed by atoms with Gasteiger partial charge in [-0.3, -0.25) is 0 Å². The van der Waals surface area contributed by atoms with Gasteiger partial charge in [0.1, 0.15) is 0 Å². The lowest BCUT2D eigenvalue weighted by atomic mass is 10.1. The first-order valence-corrected chi connectivity index (χ1v) is 12.1. The minimum Gasteiger partial charge on any atom is -0.369 e. The second-order valence-electron chi connectivity index (χ2n) is 6.85. The van der Waals surface area contributed by atoms with Crippen LogP contribution in [0.25, 0.3) is 0 Å². The predicted octanol–water partition coefficient (Wildman–Crippen LogP) is 2.22. The topological polar surface area (TPSA) is 74.8 Å². The highest BCUT2D eigenvalue weighted by atomic mass is 32.2. The summed E-state index contributed by atoms with van der Waals surface area (Å²) in [5.41, 5.74) is 3.57. The van der Waals surface area contributed by atoms with E-state index in [4.69, 9.17) is 0 Å². The monoisotopic (exact) mass is 408 g/mol. The average molecular weight is 409 g/mol. The molecule has 2 aromatic carbocycles. The Morgan fingerprint density at radius 1 is 0.778 bits per heavy atom. The van der Waals surface area contributed by atoms with Crippen LogP contribution in [0.3, 0.4) is 0 Å². The summed E-state index contributed by atoms with van der Waals surface area (Å²) in [4.78, 5) is 2.44. The molecule has 0 amide bonds. The van der Waals surface area contributed by atoms with Crippen molar-refractivity contribution in [3.63, 3.8) is 0 Å². The Kier molecular flexibility index (Phi) is 5.33. The highest BCUT2D eigenvalue weighted by Crippen LogP contribution is 2.26. The molecule has 0 N–H and O–H groups in total. The van der Waals surface area contributed by atoms with E-state index >= 15 is 0 Å². The van der Waals surface area contributed by atoms with Crippen molar-refractivity contribution >= 4 is 25.5 Å². The Balaban J connectivity index is 1.76. The van der Waals surface area contributed by atoms with Crippen LogP contribution < -0.4 is 4.90 Å². The Morgan fingerprint density at radius 3 is 1.89 bits per heavy atom. The standard InChI is InChI=1S/C19H24N2O4S2/c1-15-5-4-6-19(16(15)2)20-11-13-21(14-12-20)27(24,25)18-9-7-17(8-10-18)26(3,22)23/h4-10H,11-14H2,1-3H3. The summed E-state index contributed by atoms with van der Waals surface area (Å²) in [6.07, 6.45) is 1.10. The Hall–Kier alpha value is -1.90. The molecular formula is C19H24N2O4S2. The number of benzene rings is 2. The summed E-state index contributed by atoms with van der Waals surface area (Å²) in [5.74, 6) is 0. The maximum atomic E-state index is 12.9. The normalized spacial score (nSPS) is 16.5. The molecule has 1 aliphatic rings. The number of rotatable bonds is 4. The smallest absolute Gasteiger partial charge is 0.243 e. The molecule has 3 rings (SSSR count). The summed E-state index contributed by atoms with van der Waals surface area (Å²) < 4.78 is 50.3. The molecule has 0 unspecified atom stereocenters. The summed E-state index contributed by atoms with van der Waals surface area (Å²) >= 11 is 0. The quantitative estimate of drug-likeness (QED) is 0.775. The largest absolute Gasteiger partial charge is 0.369 e. The number of piperazine rings is 1. The van der Waals surface area contributed by atoms with Crippen LogP contribution in [0.4, 0.5) is 5.69 Å². The van der Waals surface area contributed by atoms with Gasteiger partial charge in [-0.2, -0.15) is 4.31 Å². The van der Waals surface area contributed by atoms with Gasteiger partial charge in [0, 0.05) is 38.1 Å². The molecule has 0 aliphatic carbocycles. The lowest BCUT2D eigenvalue weighted by molar-refractivity contribution is 0.384. The van der Waals surface area contributed by atoms with E-state index in [9.17, 15) is 16.8 Å². The lowest BCUT2D eigenvalue weighted by Crippen LogP contribution is -2.48. The molecule has 27 heavy (non-hydrogen) atoms. The summed E-state index contributed by atoms with van der Waals surface area (Å²) in [6.45, 7) is 6.17. The maximum absolute atomic E-state index is 12.9. The van der Waals surface area contributed by atoms with E-state index in [2.05, 4.69) is 30.9 Å². The first-order chi connectivity index (χ1) is 12.6. The number of hydrogen-bond donors (Lipinski definition) is 0. The van der Waals surface area contributed by atoms with Gasteiger partial charge in [0.2, 0.25) is 10.0 Å². The van der Waals surface area contributed by atoms with Crippen molar-refractivity contribution in [2.75, 3.05) is 37.3 Å². The van der Waals surface area contributed by atoms with E-state index < -0.39 is 19.9 Å². The van der Waals surface area contributed by atoms with Gasteiger partial charge in [-0.25, -0.2) is 16.8 Å². The lowest BCUT2D eigenvalue weighted by Gasteiger charge is -2.36. The molecule has 0 spiro atoms. The number of sulfone groups is 1. The maximum Gasteiger partial charge on any atom is 0.243 e. The van der Waals surface area contributed by atoms with E-state index in [1.165, 1.54) is 39.7 Å². The Bertz CT molecular complexity index is 1040. The van der Waals surface area contributed by atoms with E-state index in [-0.39, 0.29) is 9.79 Å². The molecule has 6 nitrogen and oxygen atoms in total. The molecule has 2 aromatic rings. The molecule has 146 valence electrons. The molecule has 0 saturated carbocycles. The zero-order chi connectivity index (χ0) is 19.8. The number of nitrogens with zero attached hydrogens (tertiary/aromatic N) is 2. The van der Waals surface area contributed by atoms with Gasteiger partial charge in [0.15, 0.2) is 9.84 Å². The molecule has 0 bridgehead atoms. The fraction of sp³-hybridized carbons (Fsp3) is 0.368. The summed E-state index contributed by atoms with van der Waals surface area (Å²) in [5, 5.41) is 0. The molecule has 1 saturated heterocycles. The minimum absolute atomic E-state index is 0.112. The molecule has 0 aromatic heterocycles. The average Bonchev–Trinajstić information content (AvgIpc) is 2.63. The highest BCUT2D eigenvalue weighted by Gasteiger charge is 2.29. The van der Waals surface area contributed by atoms with Gasteiger partial charge in [-0.1, -0.05) is 12.1 Å². The van der Waals surface area contributed by atoms with Crippen LogP contribution >= 0.6 is 0 Å². The minimum atomic E-state index is -3.64. The molecule has 1 fully saturated rings. The first-order valence-electron chi connectivity index (χ1n) is 8.72. The predicted molar refractivity (Wildman–Crippen MR) is 106 cm³/mol. The van der Waals surface area contributed by atoms with Crippen molar-refractivity contribution in [3.05, 3.63) is 53.6 Å². The van der Waals surface area contributed by atoms with Crippen LogP contribution in [0, 0.1) is 13.8 Å². The number of sulfonamides is 1. The van der Waals surface area contributed by atoms with E-state index in [1.807, 2.05) is 6.07 Å². The summed E-state index contributed by atoms with van der Waals surface area (Å²) in [6, 6.07) is 11.6. The van der Waals surface area contributed by atoms with Gasteiger partial charge < -0.3 is 4.90 Å². The van der Waals surface area contributed by atoms with Crippen molar-refractivity contribution < 1.29 is 16.8 Å². The van der Waals surface area contributed by atoms with Crippen LogP contribution in [-0.2, 0) is 19.9 Å². The number of anilines is 1. The van der Waals surface area contributed by atoms with Gasteiger partial charge >= 0.3 is 0 Å². The van der Waals surface area contributed by atoms with E-state index in [0.29, 0.717) is 26.2 Å². The third-order valence-corrected chi connectivity index (χ3v) is 8.09. The fourth-order valence-corrected chi connectivity index (χ4v) is 5.31. The third kappa shape index (κ3) is 4.02. The molecule has 1 aliphatic heterocycles. The van der Waals surface area contributed by atoms with Crippen molar-refractivity contribution in [1.29, 1.82) is 0 Å². The van der Waals surface area contributed by atoms with Crippen molar-refractivity contribution in [2.24, 2.45) is 0 Å². The van der Waals surface area contributed by atoms with Gasteiger partial charge in [0.25, 0.3) is 0 Å². The van der Waals surface area contributed by atoms with Gasteiger partial charge in [0.05, 0.1) is 9.79 Å². The molecule has 1 heterocycles. The molecular weight excluding hydrogens is 384 g/mol. The highest BCUT2D eigenvalue weighted by molar-refractivity contribution is 7.90. The number of aryl methyl sites for hydroxylation is 1. The molecule has 8 heteroatoms. The van der Waals surface area contributed by atoms with Crippen LogP contribution in [0.1, 0.15) is 11.1 Å². The van der Waals surface area contributed by atoms with Crippen molar-refractivity contribution in [3.8, 4) is 0 Å². The van der Waals surface area contributed by atoms with Crippen molar-refractivity contribution in [1.82, 2.24) is 4.31 Å². The molecule has 0 atom stereocenters. The van der Waals surface area contributed by atoms with E-state index in [1.54, 1.807) is 0 Å². The second kappa shape index (κ2) is 7.26. The van der Waals surface area contributed by atoms with Gasteiger partial charge in [-0.05, 0) is 55.3 Å². The fourth-order valence-electron chi connectivity index (χ4n) is 3.26. The van der Waals surface area contributed by atoms with Crippen LogP contribution in [-0.4, -0.2) is 53.6 Å². The zero-order valence-corrected chi connectivity index (χ0v) is 17.3. The summed E-state index contributed by atoms with van der Waals surface area (Å²) in [7, 11) is -6.99. The molecule has 0 radical (unpaired) electrons. The Labute approximate surface area is 161 Å².